The highest BCUT2D eigenvalue weighted by Gasteiger charge is 2.47. The second-order valence-electron chi connectivity index (χ2n) is 9.28. The van der Waals surface area contributed by atoms with Crippen LogP contribution in [0.3, 0.4) is 0 Å². The van der Waals surface area contributed by atoms with E-state index >= 15 is 0 Å². The molecule has 4 rings (SSSR count). The smallest absolute Gasteiger partial charge is 0.227 e. The van der Waals surface area contributed by atoms with Gasteiger partial charge < -0.3 is 14.1 Å². The minimum absolute atomic E-state index is 0.00892. The molecule has 0 saturated carbocycles. The van der Waals surface area contributed by atoms with Crippen LogP contribution in [0.15, 0.2) is 34.9 Å². The second-order valence-corrected chi connectivity index (χ2v) is 9.28. The van der Waals surface area contributed by atoms with Crippen LogP contribution in [0.1, 0.15) is 47.1 Å². The summed E-state index contributed by atoms with van der Waals surface area (Å²) in [5.74, 6) is 0.451. The summed E-state index contributed by atoms with van der Waals surface area (Å²) in [6.07, 6.45) is 1.96. The van der Waals surface area contributed by atoms with Crippen LogP contribution in [0.4, 0.5) is 5.69 Å². The molecule has 0 amide bonds. The summed E-state index contributed by atoms with van der Waals surface area (Å²) in [6, 6.07) is 8.64. The zero-order valence-electron chi connectivity index (χ0n) is 17.4. The van der Waals surface area contributed by atoms with E-state index in [1.54, 1.807) is 6.20 Å². The summed E-state index contributed by atoms with van der Waals surface area (Å²) in [5.41, 5.74) is 3.94. The SMILES string of the molecule is Cc1ccc2c(oc3ncccc32)c1N1C(C(C)(C)C)OC(C(C)C)[C@@H]1C. The average molecular weight is 367 g/mol. The Kier molecular flexibility index (Phi) is 4.22. The van der Waals surface area contributed by atoms with Crippen LogP contribution in [0.2, 0.25) is 0 Å². The first-order valence-electron chi connectivity index (χ1n) is 9.90. The first-order valence-corrected chi connectivity index (χ1v) is 9.90. The molecular weight excluding hydrogens is 336 g/mol. The summed E-state index contributed by atoms with van der Waals surface area (Å²) >= 11 is 0. The van der Waals surface area contributed by atoms with E-state index in [0.29, 0.717) is 11.6 Å². The molecule has 1 aliphatic rings. The van der Waals surface area contributed by atoms with Crippen LogP contribution in [0.25, 0.3) is 22.1 Å². The van der Waals surface area contributed by atoms with Crippen molar-refractivity contribution in [1.82, 2.24) is 4.98 Å². The number of benzene rings is 1. The van der Waals surface area contributed by atoms with Crippen molar-refractivity contribution >= 4 is 27.8 Å². The number of aromatic nitrogens is 1. The topological polar surface area (TPSA) is 38.5 Å². The van der Waals surface area contributed by atoms with E-state index in [1.807, 2.05) is 6.07 Å². The van der Waals surface area contributed by atoms with Gasteiger partial charge in [0.15, 0.2) is 5.58 Å². The number of ether oxygens (including phenoxy) is 1. The van der Waals surface area contributed by atoms with Gasteiger partial charge in [-0.1, -0.05) is 46.8 Å². The lowest BCUT2D eigenvalue weighted by Gasteiger charge is -2.37. The molecule has 1 aliphatic heterocycles. The number of furan rings is 1. The van der Waals surface area contributed by atoms with Crippen LogP contribution in [0.5, 0.6) is 0 Å². The molecule has 0 N–H and O–H groups in total. The number of aryl methyl sites for hydroxylation is 1. The highest BCUT2D eigenvalue weighted by Crippen LogP contribution is 2.45. The Morgan fingerprint density at radius 1 is 1.11 bits per heavy atom. The molecule has 0 spiro atoms. The summed E-state index contributed by atoms with van der Waals surface area (Å²) < 4.78 is 12.9. The molecule has 4 nitrogen and oxygen atoms in total. The molecular formula is C23H30N2O2. The van der Waals surface area contributed by atoms with E-state index in [2.05, 4.69) is 76.5 Å². The standard InChI is InChI=1S/C23H30N2O2/c1-13(2)19-15(4)25(22(27-19)23(5,6)7)18-14(3)10-11-16-17-9-8-12-24-21(17)26-20(16)18/h8-13,15,19,22H,1-7H3/t15-,19?,22?/m0/s1. The molecule has 1 aromatic carbocycles. The highest BCUT2D eigenvalue weighted by atomic mass is 16.5. The van der Waals surface area contributed by atoms with Crippen molar-refractivity contribution in [3.8, 4) is 0 Å². The van der Waals surface area contributed by atoms with Crippen LogP contribution < -0.4 is 4.90 Å². The molecule has 27 heavy (non-hydrogen) atoms. The molecule has 3 aromatic rings. The zero-order valence-corrected chi connectivity index (χ0v) is 17.4. The third-order valence-electron chi connectivity index (χ3n) is 5.70. The summed E-state index contributed by atoms with van der Waals surface area (Å²) in [5, 5.41) is 2.18. The predicted molar refractivity (Wildman–Crippen MR) is 111 cm³/mol. The Balaban J connectivity index is 1.97. The Bertz CT molecular complexity index is 983. The quantitative estimate of drug-likeness (QED) is 0.565. The van der Waals surface area contributed by atoms with Gasteiger partial charge in [-0.15, -0.1) is 0 Å². The number of pyridine rings is 1. The molecule has 3 heterocycles. The lowest BCUT2D eigenvalue weighted by atomic mass is 9.92. The number of nitrogens with zero attached hydrogens (tertiary/aromatic N) is 2. The third kappa shape index (κ3) is 2.82. The maximum atomic E-state index is 6.61. The van der Waals surface area contributed by atoms with Gasteiger partial charge in [0.05, 0.1) is 17.8 Å². The normalized spacial score (nSPS) is 23.9. The lowest BCUT2D eigenvalue weighted by molar-refractivity contribution is -0.0334. The van der Waals surface area contributed by atoms with Crippen LogP contribution in [-0.4, -0.2) is 23.4 Å². The predicted octanol–water partition coefficient (Wildman–Crippen LogP) is 5.91. The Labute approximate surface area is 161 Å². The maximum Gasteiger partial charge on any atom is 0.227 e. The Hall–Kier alpha value is -2.07. The first-order chi connectivity index (χ1) is 12.7. The number of hydrogen-bond acceptors (Lipinski definition) is 4. The molecule has 3 atom stereocenters. The fourth-order valence-corrected chi connectivity index (χ4v) is 4.44. The van der Waals surface area contributed by atoms with E-state index < -0.39 is 0 Å². The van der Waals surface area contributed by atoms with E-state index in [9.17, 15) is 0 Å². The monoisotopic (exact) mass is 366 g/mol. The van der Waals surface area contributed by atoms with Crippen molar-refractivity contribution in [1.29, 1.82) is 0 Å². The van der Waals surface area contributed by atoms with E-state index in [4.69, 9.17) is 9.15 Å². The van der Waals surface area contributed by atoms with Crippen molar-refractivity contribution in [2.24, 2.45) is 11.3 Å². The fraction of sp³-hybridized carbons (Fsp3) is 0.522. The first kappa shape index (κ1) is 18.3. The van der Waals surface area contributed by atoms with Gasteiger partial charge in [0.25, 0.3) is 0 Å². The number of fused-ring (bicyclic) bond motifs is 3. The number of hydrogen-bond donors (Lipinski definition) is 0. The third-order valence-corrected chi connectivity index (χ3v) is 5.70. The molecule has 0 aliphatic carbocycles. The molecule has 2 unspecified atom stereocenters. The number of rotatable bonds is 2. The summed E-state index contributed by atoms with van der Waals surface area (Å²) in [6.45, 7) is 15.6. The highest BCUT2D eigenvalue weighted by molar-refractivity contribution is 6.08. The van der Waals surface area contributed by atoms with Crippen LogP contribution >= 0.6 is 0 Å². The Morgan fingerprint density at radius 3 is 2.52 bits per heavy atom. The van der Waals surface area contributed by atoms with Gasteiger partial charge in [-0.25, -0.2) is 4.98 Å². The molecule has 1 fully saturated rings. The summed E-state index contributed by atoms with van der Waals surface area (Å²) in [4.78, 5) is 6.88. The van der Waals surface area contributed by atoms with E-state index in [1.165, 1.54) is 5.56 Å². The average Bonchev–Trinajstić information content (AvgIpc) is 3.13. The molecule has 2 aromatic heterocycles. The lowest BCUT2D eigenvalue weighted by Crippen LogP contribution is -2.44. The molecule has 144 valence electrons. The molecule has 4 heteroatoms. The number of anilines is 1. The minimum Gasteiger partial charge on any atom is -0.436 e. The van der Waals surface area contributed by atoms with E-state index in [-0.39, 0.29) is 23.8 Å². The minimum atomic E-state index is -0.0171. The van der Waals surface area contributed by atoms with Gasteiger partial charge in [0, 0.05) is 22.4 Å². The van der Waals surface area contributed by atoms with E-state index in [0.717, 1.165) is 22.0 Å². The molecule has 0 bridgehead atoms. The van der Waals surface area contributed by atoms with Crippen LogP contribution in [0, 0.1) is 18.3 Å². The van der Waals surface area contributed by atoms with Crippen molar-refractivity contribution in [2.75, 3.05) is 4.90 Å². The van der Waals surface area contributed by atoms with Gasteiger partial charge in [-0.2, -0.15) is 0 Å². The van der Waals surface area contributed by atoms with Crippen molar-refractivity contribution in [2.45, 2.75) is 66.8 Å². The Morgan fingerprint density at radius 2 is 1.85 bits per heavy atom. The summed E-state index contributed by atoms with van der Waals surface area (Å²) in [7, 11) is 0. The van der Waals surface area contributed by atoms with Gasteiger partial charge >= 0.3 is 0 Å². The van der Waals surface area contributed by atoms with Gasteiger partial charge in [0.1, 0.15) is 6.23 Å². The fourth-order valence-electron chi connectivity index (χ4n) is 4.44. The van der Waals surface area contributed by atoms with Gasteiger partial charge in [-0.3, -0.25) is 0 Å². The molecule has 0 radical (unpaired) electrons. The van der Waals surface area contributed by atoms with Crippen molar-refractivity contribution < 1.29 is 9.15 Å². The molecule has 1 saturated heterocycles. The van der Waals surface area contributed by atoms with Crippen molar-refractivity contribution in [3.63, 3.8) is 0 Å². The van der Waals surface area contributed by atoms with Crippen molar-refractivity contribution in [3.05, 3.63) is 36.0 Å². The van der Waals surface area contributed by atoms with Gasteiger partial charge in [0.2, 0.25) is 5.71 Å². The maximum absolute atomic E-state index is 6.61. The van der Waals surface area contributed by atoms with Gasteiger partial charge in [-0.05, 0) is 37.5 Å². The largest absolute Gasteiger partial charge is 0.436 e. The van der Waals surface area contributed by atoms with Crippen LogP contribution in [-0.2, 0) is 4.74 Å². The zero-order chi connectivity index (χ0) is 19.5. The second kappa shape index (κ2) is 6.23.